The van der Waals surface area contributed by atoms with Crippen molar-refractivity contribution in [3.63, 3.8) is 0 Å². The first-order chi connectivity index (χ1) is 10.3. The monoisotopic (exact) mass is 281 g/mol. The minimum absolute atomic E-state index is 0.184. The van der Waals surface area contributed by atoms with Crippen LogP contribution in [0.25, 0.3) is 0 Å². The summed E-state index contributed by atoms with van der Waals surface area (Å²) in [6, 6.07) is 18.9. The van der Waals surface area contributed by atoms with Crippen LogP contribution in [-0.4, -0.2) is 18.4 Å². The molecule has 108 valence electrons. The summed E-state index contributed by atoms with van der Waals surface area (Å²) in [6.45, 7) is 4.04. The molecule has 1 aliphatic rings. The highest BCUT2D eigenvalue weighted by atomic mass is 16.6. The Labute approximate surface area is 125 Å². The molecule has 2 aromatic rings. The number of oxime groups is 1. The van der Waals surface area contributed by atoms with Gasteiger partial charge in [0.05, 0.1) is 5.71 Å². The van der Waals surface area contributed by atoms with Crippen molar-refractivity contribution in [3.8, 4) is 0 Å². The van der Waals surface area contributed by atoms with E-state index >= 15 is 0 Å². The summed E-state index contributed by atoms with van der Waals surface area (Å²) in [4.78, 5) is 5.57. The van der Waals surface area contributed by atoms with Crippen molar-refractivity contribution in [2.75, 3.05) is 6.54 Å². The number of quaternary nitrogens is 1. The molecule has 21 heavy (non-hydrogen) atoms. The summed E-state index contributed by atoms with van der Waals surface area (Å²) < 4.78 is 0. The van der Waals surface area contributed by atoms with E-state index in [4.69, 9.17) is 4.84 Å². The van der Waals surface area contributed by atoms with E-state index in [9.17, 15) is 0 Å². The smallest absolute Gasteiger partial charge is 0.181 e. The fourth-order valence-corrected chi connectivity index (χ4v) is 2.66. The molecule has 0 saturated heterocycles. The predicted octanol–water partition coefficient (Wildman–Crippen LogP) is 2.25. The maximum atomic E-state index is 5.57. The number of hydrogen-bond donors (Lipinski definition) is 1. The van der Waals surface area contributed by atoms with E-state index in [1.54, 1.807) is 0 Å². The van der Waals surface area contributed by atoms with Crippen LogP contribution in [-0.2, 0) is 11.4 Å². The number of benzene rings is 2. The van der Waals surface area contributed by atoms with Gasteiger partial charge < -0.3 is 10.2 Å². The van der Waals surface area contributed by atoms with E-state index in [0.29, 0.717) is 0 Å². The molecule has 0 aromatic heterocycles. The Kier molecular flexibility index (Phi) is 4.31. The number of nitrogens with two attached hydrogens (primary N) is 1. The van der Waals surface area contributed by atoms with Gasteiger partial charge in [0.25, 0.3) is 0 Å². The van der Waals surface area contributed by atoms with Crippen LogP contribution in [0, 0.1) is 6.92 Å². The van der Waals surface area contributed by atoms with Crippen molar-refractivity contribution in [1.82, 2.24) is 0 Å². The Morgan fingerprint density at radius 3 is 2.67 bits per heavy atom. The average Bonchev–Trinajstić information content (AvgIpc) is 2.97. The highest BCUT2D eigenvalue weighted by Gasteiger charge is 2.24. The van der Waals surface area contributed by atoms with Crippen molar-refractivity contribution in [1.29, 1.82) is 0 Å². The Morgan fingerprint density at radius 1 is 1.10 bits per heavy atom. The van der Waals surface area contributed by atoms with Crippen LogP contribution in [0.2, 0.25) is 0 Å². The van der Waals surface area contributed by atoms with Crippen LogP contribution in [0.4, 0.5) is 0 Å². The topological polar surface area (TPSA) is 38.2 Å². The van der Waals surface area contributed by atoms with Crippen molar-refractivity contribution in [2.45, 2.75) is 26.0 Å². The Bertz CT molecular complexity index is 622. The fourth-order valence-electron chi connectivity index (χ4n) is 2.66. The largest absolute Gasteiger partial charge is 0.386 e. The van der Waals surface area contributed by atoms with Gasteiger partial charge in [0.2, 0.25) is 0 Å². The van der Waals surface area contributed by atoms with E-state index in [2.05, 4.69) is 65.9 Å². The zero-order valence-electron chi connectivity index (χ0n) is 12.3. The van der Waals surface area contributed by atoms with Gasteiger partial charge in [0.15, 0.2) is 6.10 Å². The molecule has 3 rings (SSSR count). The molecule has 0 saturated carbocycles. The molecule has 2 N–H and O–H groups in total. The quantitative estimate of drug-likeness (QED) is 0.897. The molecule has 0 spiro atoms. The number of aryl methyl sites for hydroxylation is 1. The van der Waals surface area contributed by atoms with Gasteiger partial charge in [-0.25, -0.2) is 0 Å². The van der Waals surface area contributed by atoms with E-state index in [1.807, 2.05) is 6.07 Å². The predicted molar refractivity (Wildman–Crippen MR) is 84.1 cm³/mol. The Hall–Kier alpha value is -2.13. The minimum atomic E-state index is 0.184. The van der Waals surface area contributed by atoms with E-state index in [-0.39, 0.29) is 6.10 Å². The molecule has 3 heteroatoms. The van der Waals surface area contributed by atoms with E-state index in [1.165, 1.54) is 16.7 Å². The highest BCUT2D eigenvalue weighted by molar-refractivity contribution is 6.02. The van der Waals surface area contributed by atoms with Gasteiger partial charge in [-0.05, 0) is 12.5 Å². The molecule has 3 nitrogen and oxygen atoms in total. The van der Waals surface area contributed by atoms with Crippen LogP contribution in [0.15, 0.2) is 59.8 Å². The number of nitrogens with zero attached hydrogens (tertiary/aromatic N) is 1. The van der Waals surface area contributed by atoms with Crippen LogP contribution >= 0.6 is 0 Å². The Balaban J connectivity index is 1.49. The van der Waals surface area contributed by atoms with Gasteiger partial charge in [-0.15, -0.1) is 0 Å². The van der Waals surface area contributed by atoms with Crippen LogP contribution in [0.5, 0.6) is 0 Å². The molecule has 1 atom stereocenters. The zero-order valence-corrected chi connectivity index (χ0v) is 12.3. The highest BCUT2D eigenvalue weighted by Crippen LogP contribution is 2.18. The maximum absolute atomic E-state index is 5.57. The third kappa shape index (κ3) is 3.50. The summed E-state index contributed by atoms with van der Waals surface area (Å²) in [6.07, 6.45) is 1.08. The molecular formula is C18H21N2O+. The molecule has 0 amide bonds. The van der Waals surface area contributed by atoms with Crippen LogP contribution < -0.4 is 5.32 Å². The van der Waals surface area contributed by atoms with Crippen molar-refractivity contribution >= 4 is 5.71 Å². The van der Waals surface area contributed by atoms with Gasteiger partial charge in [-0.3, -0.25) is 0 Å². The zero-order chi connectivity index (χ0) is 14.5. The summed E-state index contributed by atoms with van der Waals surface area (Å²) in [7, 11) is 0. The van der Waals surface area contributed by atoms with Gasteiger partial charge in [0.1, 0.15) is 13.1 Å². The molecule has 0 aliphatic carbocycles. The second-order valence-electron chi connectivity index (χ2n) is 5.50. The molecule has 0 fully saturated rings. The van der Waals surface area contributed by atoms with Gasteiger partial charge >= 0.3 is 0 Å². The lowest BCUT2D eigenvalue weighted by Gasteiger charge is -2.07. The normalized spacial score (nSPS) is 17.4. The summed E-state index contributed by atoms with van der Waals surface area (Å²) in [5.41, 5.74) is 4.89. The summed E-state index contributed by atoms with van der Waals surface area (Å²) >= 11 is 0. The lowest BCUT2D eigenvalue weighted by Crippen LogP contribution is -2.84. The minimum Gasteiger partial charge on any atom is -0.386 e. The molecule has 0 unspecified atom stereocenters. The molecule has 1 heterocycles. The first-order valence-corrected chi connectivity index (χ1v) is 7.47. The van der Waals surface area contributed by atoms with Crippen LogP contribution in [0.1, 0.15) is 23.1 Å². The summed E-state index contributed by atoms with van der Waals surface area (Å²) in [5.74, 6) is 0. The van der Waals surface area contributed by atoms with Crippen LogP contribution in [0.3, 0.4) is 0 Å². The van der Waals surface area contributed by atoms with Gasteiger partial charge in [-0.1, -0.05) is 59.8 Å². The van der Waals surface area contributed by atoms with E-state index < -0.39 is 0 Å². The lowest BCUT2D eigenvalue weighted by molar-refractivity contribution is -0.676. The Morgan fingerprint density at radius 2 is 1.86 bits per heavy atom. The second-order valence-corrected chi connectivity index (χ2v) is 5.50. The van der Waals surface area contributed by atoms with Crippen molar-refractivity contribution in [2.24, 2.45) is 5.16 Å². The van der Waals surface area contributed by atoms with Gasteiger partial charge in [0, 0.05) is 17.5 Å². The van der Waals surface area contributed by atoms with Crippen molar-refractivity contribution < 1.29 is 10.2 Å². The molecule has 0 radical (unpaired) electrons. The second kappa shape index (κ2) is 6.55. The summed E-state index contributed by atoms with van der Waals surface area (Å²) in [5, 5.41) is 6.56. The fraction of sp³-hybridized carbons (Fsp3) is 0.278. The molecule has 0 bridgehead atoms. The van der Waals surface area contributed by atoms with E-state index in [0.717, 1.165) is 25.2 Å². The number of rotatable bonds is 5. The average molecular weight is 281 g/mol. The van der Waals surface area contributed by atoms with Crippen molar-refractivity contribution in [3.05, 3.63) is 71.3 Å². The first kappa shape index (κ1) is 13.8. The third-order valence-corrected chi connectivity index (χ3v) is 3.84. The first-order valence-electron chi connectivity index (χ1n) is 7.47. The molecule has 2 aromatic carbocycles. The lowest BCUT2D eigenvalue weighted by atomic mass is 10.0. The molecule has 1 aliphatic heterocycles. The molecular weight excluding hydrogens is 260 g/mol. The third-order valence-electron chi connectivity index (χ3n) is 3.84. The maximum Gasteiger partial charge on any atom is 0.181 e. The van der Waals surface area contributed by atoms with Gasteiger partial charge in [-0.2, -0.15) is 0 Å². The number of hydrogen-bond acceptors (Lipinski definition) is 2. The standard InChI is InChI=1S/C18H20N2O/c1-14-7-5-6-10-17(14)18-11-16(21-20-18)13-19-12-15-8-3-2-4-9-15/h2-10,16,19H,11-13H2,1H3/p+1/t16-/m1/s1. The SMILES string of the molecule is Cc1ccccc1C1=NO[C@@H](C[NH2+]Cc2ccccc2)C1.